The molecule has 0 aromatic heterocycles. The van der Waals surface area contributed by atoms with Crippen LogP contribution in [-0.4, -0.2) is 37.2 Å². The Morgan fingerprint density at radius 3 is 0.747 bits per heavy atom. The van der Waals surface area contributed by atoms with Gasteiger partial charge in [0.25, 0.3) is 0 Å². The smallest absolute Gasteiger partial charge is 0.306 e. The van der Waals surface area contributed by atoms with Gasteiger partial charge in [-0.05, 0) is 135 Å². The van der Waals surface area contributed by atoms with Crippen LogP contribution >= 0.6 is 0 Å². The Balaban J connectivity index is 4.30. The highest BCUT2D eigenvalue weighted by atomic mass is 16.6. The Hall–Kier alpha value is -4.45. The number of carbonyl (C=O) groups excluding carboxylic acids is 3. The normalized spacial score (nSPS) is 13.0. The van der Waals surface area contributed by atoms with E-state index in [1.54, 1.807) is 0 Å². The van der Waals surface area contributed by atoms with E-state index in [2.05, 4.69) is 154 Å². The molecule has 0 saturated carbocycles. The molecule has 1 unspecified atom stereocenters. The molecule has 0 aromatic rings. The van der Waals surface area contributed by atoms with Crippen molar-refractivity contribution in [1.29, 1.82) is 0 Å². The summed E-state index contributed by atoms with van der Waals surface area (Å²) in [5.41, 5.74) is 0. The molecule has 0 heterocycles. The van der Waals surface area contributed by atoms with Gasteiger partial charge in [-0.15, -0.1) is 0 Å². The Morgan fingerprint density at radius 1 is 0.253 bits per heavy atom. The van der Waals surface area contributed by atoms with Gasteiger partial charge in [-0.2, -0.15) is 0 Å². The number of carbonyl (C=O) groups is 3. The minimum absolute atomic E-state index is 0.0970. The van der Waals surface area contributed by atoms with Gasteiger partial charge in [0.15, 0.2) is 6.10 Å². The van der Waals surface area contributed by atoms with Crippen LogP contribution < -0.4 is 0 Å². The molecule has 83 heavy (non-hydrogen) atoms. The standard InChI is InChI=1S/C77H128O6/c1-4-7-10-13-16-19-22-25-28-30-32-33-34-35-36-37-38-39-40-41-42-43-45-46-49-52-55-58-61-64-67-70-76(79)82-73-74(72-81-75(78)69-66-63-60-57-54-51-48-27-24-21-18-15-12-9-6-3)83-77(80)71-68-65-62-59-56-53-50-47-44-31-29-26-23-20-17-14-11-8-5-2/h7-8,10-11,16-21,25-29,32-33,44,47-48,53,56,74H,4-6,9,12-15,22-24,30-31,34-43,45-46,49-52,54-55,57-73H2,1-3H3/b10-7-,11-8-,19-16-,20-17-,21-18-,28-25-,29-26-,33-32-,47-44-,48-27-,56-53-. The zero-order valence-electron chi connectivity index (χ0n) is 54.2. The highest BCUT2D eigenvalue weighted by Crippen LogP contribution is 2.17. The molecule has 0 aromatic carbocycles. The maximum absolute atomic E-state index is 12.9. The van der Waals surface area contributed by atoms with Crippen molar-refractivity contribution in [3.63, 3.8) is 0 Å². The predicted molar refractivity (Wildman–Crippen MR) is 362 cm³/mol. The van der Waals surface area contributed by atoms with Crippen LogP contribution in [0.2, 0.25) is 0 Å². The molecule has 0 amide bonds. The molecular formula is C77H128O6. The number of rotatable bonds is 62. The summed E-state index contributed by atoms with van der Waals surface area (Å²) >= 11 is 0. The maximum Gasteiger partial charge on any atom is 0.306 e. The van der Waals surface area contributed by atoms with Crippen LogP contribution in [0.15, 0.2) is 134 Å². The average Bonchev–Trinajstić information content (AvgIpc) is 3.49. The molecule has 0 bridgehead atoms. The molecule has 0 fully saturated rings. The first kappa shape index (κ1) is 78.5. The summed E-state index contributed by atoms with van der Waals surface area (Å²) in [5, 5.41) is 0. The molecule has 0 aliphatic carbocycles. The molecule has 0 aliphatic rings. The highest BCUT2D eigenvalue weighted by Gasteiger charge is 2.19. The second-order valence-corrected chi connectivity index (χ2v) is 22.7. The Bertz CT molecular complexity index is 1750. The number of allylic oxidation sites excluding steroid dienone is 22. The molecule has 472 valence electrons. The van der Waals surface area contributed by atoms with Crippen LogP contribution in [-0.2, 0) is 28.6 Å². The van der Waals surface area contributed by atoms with E-state index in [0.717, 1.165) is 148 Å². The van der Waals surface area contributed by atoms with Gasteiger partial charge >= 0.3 is 17.9 Å². The van der Waals surface area contributed by atoms with E-state index in [4.69, 9.17) is 14.2 Å². The molecule has 0 radical (unpaired) electrons. The Morgan fingerprint density at radius 2 is 0.470 bits per heavy atom. The predicted octanol–water partition coefficient (Wildman–Crippen LogP) is 24.1. The van der Waals surface area contributed by atoms with E-state index in [1.807, 2.05) is 0 Å². The van der Waals surface area contributed by atoms with Crippen molar-refractivity contribution in [1.82, 2.24) is 0 Å². The third-order valence-electron chi connectivity index (χ3n) is 14.6. The molecule has 6 nitrogen and oxygen atoms in total. The summed E-state index contributed by atoms with van der Waals surface area (Å²) in [5.74, 6) is -0.936. The zero-order chi connectivity index (χ0) is 59.9. The Kier molecular flexibility index (Phi) is 66.3. The second kappa shape index (κ2) is 70.0. The lowest BCUT2D eigenvalue weighted by molar-refractivity contribution is -0.167. The number of hydrogen-bond acceptors (Lipinski definition) is 6. The van der Waals surface area contributed by atoms with E-state index < -0.39 is 6.10 Å². The van der Waals surface area contributed by atoms with E-state index >= 15 is 0 Å². The fourth-order valence-corrected chi connectivity index (χ4v) is 9.49. The van der Waals surface area contributed by atoms with Crippen molar-refractivity contribution in [2.75, 3.05) is 13.2 Å². The lowest BCUT2D eigenvalue weighted by atomic mass is 10.0. The molecular weight excluding hydrogens is 1020 g/mol. The number of esters is 3. The number of hydrogen-bond donors (Lipinski definition) is 0. The summed E-state index contributed by atoms with van der Waals surface area (Å²) in [4.78, 5) is 38.4. The number of ether oxygens (including phenoxy) is 3. The quantitative estimate of drug-likeness (QED) is 0.0261. The molecule has 0 aliphatic heterocycles. The van der Waals surface area contributed by atoms with Crippen LogP contribution in [0.25, 0.3) is 0 Å². The molecule has 6 heteroatoms. The lowest BCUT2D eigenvalue weighted by Gasteiger charge is -2.18. The maximum atomic E-state index is 12.9. The van der Waals surface area contributed by atoms with Crippen LogP contribution in [0, 0.1) is 0 Å². The van der Waals surface area contributed by atoms with Crippen molar-refractivity contribution in [2.45, 2.75) is 322 Å². The van der Waals surface area contributed by atoms with E-state index in [9.17, 15) is 14.4 Å². The largest absolute Gasteiger partial charge is 0.462 e. The molecule has 0 rings (SSSR count). The summed E-state index contributed by atoms with van der Waals surface area (Å²) in [6.07, 6.45) is 99.1. The lowest BCUT2D eigenvalue weighted by Crippen LogP contribution is -2.30. The minimum Gasteiger partial charge on any atom is -0.462 e. The van der Waals surface area contributed by atoms with Crippen molar-refractivity contribution in [2.24, 2.45) is 0 Å². The van der Waals surface area contributed by atoms with Gasteiger partial charge in [0.05, 0.1) is 0 Å². The number of unbranched alkanes of at least 4 members (excludes halogenated alkanes) is 29. The van der Waals surface area contributed by atoms with Crippen LogP contribution in [0.1, 0.15) is 316 Å². The highest BCUT2D eigenvalue weighted by molar-refractivity contribution is 5.71. The van der Waals surface area contributed by atoms with Gasteiger partial charge in [-0.1, -0.05) is 296 Å². The van der Waals surface area contributed by atoms with Crippen molar-refractivity contribution in [3.05, 3.63) is 134 Å². The third kappa shape index (κ3) is 68.2. The van der Waals surface area contributed by atoms with E-state index in [1.165, 1.54) is 128 Å². The molecule has 0 N–H and O–H groups in total. The minimum atomic E-state index is -0.806. The summed E-state index contributed by atoms with van der Waals surface area (Å²) in [6, 6.07) is 0. The van der Waals surface area contributed by atoms with Gasteiger partial charge in [0, 0.05) is 19.3 Å². The first-order valence-electron chi connectivity index (χ1n) is 34.7. The fourth-order valence-electron chi connectivity index (χ4n) is 9.49. The van der Waals surface area contributed by atoms with Gasteiger partial charge in [-0.25, -0.2) is 0 Å². The zero-order valence-corrected chi connectivity index (χ0v) is 54.2. The summed E-state index contributed by atoms with van der Waals surface area (Å²) in [7, 11) is 0. The monoisotopic (exact) mass is 1150 g/mol. The second-order valence-electron chi connectivity index (χ2n) is 22.7. The molecule has 0 spiro atoms. The van der Waals surface area contributed by atoms with Crippen LogP contribution in [0.4, 0.5) is 0 Å². The van der Waals surface area contributed by atoms with E-state index in [-0.39, 0.29) is 37.5 Å². The first-order valence-corrected chi connectivity index (χ1v) is 34.7. The van der Waals surface area contributed by atoms with Gasteiger partial charge < -0.3 is 14.2 Å². The van der Waals surface area contributed by atoms with Crippen molar-refractivity contribution < 1.29 is 28.6 Å². The molecule has 1 atom stereocenters. The Labute approximate surface area is 513 Å². The SMILES string of the molecule is CC/C=C\C/C=C\C/C=C\C/C=C\C/C=C\CCCCCC(=O)OC(COC(=O)CCCCCCC/C=C\C/C=C\CCCCC)COC(=O)CCCCCCCCCCCCCCCCCCCC/C=C\C/C=C\C/C=C\C/C=C\CC. The topological polar surface area (TPSA) is 78.9 Å². The van der Waals surface area contributed by atoms with Gasteiger partial charge in [0.2, 0.25) is 0 Å². The van der Waals surface area contributed by atoms with Crippen LogP contribution in [0.3, 0.4) is 0 Å². The first-order chi connectivity index (χ1) is 41.0. The molecule has 0 saturated heterocycles. The summed E-state index contributed by atoms with van der Waals surface area (Å²) < 4.78 is 16.9. The van der Waals surface area contributed by atoms with Crippen molar-refractivity contribution >= 4 is 17.9 Å². The van der Waals surface area contributed by atoms with E-state index in [0.29, 0.717) is 12.8 Å². The van der Waals surface area contributed by atoms with Crippen LogP contribution in [0.5, 0.6) is 0 Å². The average molecular weight is 1150 g/mol. The fraction of sp³-hybridized carbons (Fsp3) is 0.675. The van der Waals surface area contributed by atoms with Gasteiger partial charge in [0.1, 0.15) is 13.2 Å². The summed E-state index contributed by atoms with van der Waals surface area (Å²) in [6.45, 7) is 6.37. The van der Waals surface area contributed by atoms with Gasteiger partial charge in [-0.3, -0.25) is 14.4 Å². The third-order valence-corrected chi connectivity index (χ3v) is 14.6. The van der Waals surface area contributed by atoms with Crippen molar-refractivity contribution in [3.8, 4) is 0 Å².